The molecule has 0 heterocycles. The average molecular weight is 923 g/mol. The zero-order valence-electron chi connectivity index (χ0n) is 42.3. The highest BCUT2D eigenvalue weighted by molar-refractivity contribution is 7.47. The minimum atomic E-state index is -4.39. The van der Waals surface area contributed by atoms with Crippen LogP contribution in [0.25, 0.3) is 0 Å². The number of quaternary nitrogens is 1. The number of hydrogen-bond donors (Lipinski definition) is 1. The number of unbranched alkanes of at least 4 members (excludes halogenated alkanes) is 26. The van der Waals surface area contributed by atoms with Crippen LogP contribution in [0.3, 0.4) is 0 Å². The van der Waals surface area contributed by atoms with E-state index in [1.165, 1.54) is 128 Å². The van der Waals surface area contributed by atoms with E-state index in [0.29, 0.717) is 17.4 Å². The minimum absolute atomic E-state index is 0.0264. The number of allylic oxidation sites excluding steroid dienone is 8. The number of esters is 2. The molecule has 0 amide bonds. The van der Waals surface area contributed by atoms with Crippen LogP contribution in [-0.4, -0.2) is 74.9 Å². The summed E-state index contributed by atoms with van der Waals surface area (Å²) < 4.78 is 34.4. The first-order chi connectivity index (χ1) is 31.0. The molecule has 64 heavy (non-hydrogen) atoms. The van der Waals surface area contributed by atoms with E-state index >= 15 is 0 Å². The number of carbonyl (C=O) groups is 2. The lowest BCUT2D eigenvalue weighted by molar-refractivity contribution is -0.870. The van der Waals surface area contributed by atoms with Crippen molar-refractivity contribution < 1.29 is 42.1 Å². The SMILES string of the molecule is CC/C=C\C/C=C\C/C=C\C/C=C\CCCCCCC(=O)OC(COC(=O)CCCCCCCCCCCCCCCCCCCCCCCCC)COP(=O)(O)OCC[N+](C)(C)C. The van der Waals surface area contributed by atoms with E-state index in [9.17, 15) is 19.0 Å². The van der Waals surface area contributed by atoms with Gasteiger partial charge in [-0.3, -0.25) is 18.6 Å². The number of phosphoric ester groups is 1. The van der Waals surface area contributed by atoms with Crippen LogP contribution < -0.4 is 0 Å². The maximum Gasteiger partial charge on any atom is 0.472 e. The van der Waals surface area contributed by atoms with Crippen molar-refractivity contribution in [2.45, 2.75) is 238 Å². The quantitative estimate of drug-likeness (QED) is 0.0211. The molecule has 0 bridgehead atoms. The van der Waals surface area contributed by atoms with Crippen molar-refractivity contribution in [3.63, 3.8) is 0 Å². The zero-order chi connectivity index (χ0) is 47.1. The van der Waals surface area contributed by atoms with E-state index in [4.69, 9.17) is 18.5 Å². The van der Waals surface area contributed by atoms with E-state index in [0.717, 1.165) is 70.6 Å². The van der Waals surface area contributed by atoms with Gasteiger partial charge in [-0.25, -0.2) is 4.57 Å². The second kappa shape index (κ2) is 46.1. The molecule has 0 fully saturated rings. The molecule has 0 aromatic carbocycles. The molecule has 2 unspecified atom stereocenters. The Bertz CT molecular complexity index is 1230. The summed E-state index contributed by atoms with van der Waals surface area (Å²) in [4.78, 5) is 35.6. The van der Waals surface area contributed by atoms with Crippen LogP contribution in [0, 0.1) is 0 Å². The van der Waals surface area contributed by atoms with Gasteiger partial charge >= 0.3 is 19.8 Å². The summed E-state index contributed by atoms with van der Waals surface area (Å²) in [5, 5.41) is 0. The first kappa shape index (κ1) is 62.0. The van der Waals surface area contributed by atoms with Gasteiger partial charge in [0.15, 0.2) is 6.10 Å². The number of nitrogens with zero attached hydrogens (tertiary/aromatic N) is 1. The van der Waals surface area contributed by atoms with Crippen molar-refractivity contribution in [3.05, 3.63) is 48.6 Å². The van der Waals surface area contributed by atoms with Crippen LogP contribution in [0.4, 0.5) is 0 Å². The van der Waals surface area contributed by atoms with E-state index in [1.54, 1.807) is 0 Å². The van der Waals surface area contributed by atoms with Crippen molar-refractivity contribution in [1.29, 1.82) is 0 Å². The Balaban J connectivity index is 4.21. The predicted molar refractivity (Wildman–Crippen MR) is 270 cm³/mol. The first-order valence-corrected chi connectivity index (χ1v) is 27.9. The fourth-order valence-electron chi connectivity index (χ4n) is 7.30. The monoisotopic (exact) mass is 923 g/mol. The molecule has 0 aromatic heterocycles. The summed E-state index contributed by atoms with van der Waals surface area (Å²) in [7, 11) is 1.46. The fraction of sp³-hybridized carbons (Fsp3) is 0.815. The molecule has 9 nitrogen and oxygen atoms in total. The number of phosphoric acid groups is 1. The van der Waals surface area contributed by atoms with Crippen LogP contribution in [0.5, 0.6) is 0 Å². The van der Waals surface area contributed by atoms with Crippen molar-refractivity contribution in [2.75, 3.05) is 47.5 Å². The van der Waals surface area contributed by atoms with Crippen LogP contribution in [0.2, 0.25) is 0 Å². The molecule has 0 radical (unpaired) electrons. The lowest BCUT2D eigenvalue weighted by Crippen LogP contribution is -2.37. The largest absolute Gasteiger partial charge is 0.472 e. The van der Waals surface area contributed by atoms with E-state index in [2.05, 4.69) is 62.5 Å². The molecule has 0 aliphatic heterocycles. The summed E-state index contributed by atoms with van der Waals surface area (Å²) >= 11 is 0. The highest BCUT2D eigenvalue weighted by atomic mass is 31.2. The molecule has 0 aliphatic rings. The predicted octanol–water partition coefficient (Wildman–Crippen LogP) is 15.8. The molecule has 0 aromatic rings. The van der Waals surface area contributed by atoms with Gasteiger partial charge in [0.2, 0.25) is 0 Å². The normalized spacial score (nSPS) is 13.8. The molecule has 0 spiro atoms. The van der Waals surface area contributed by atoms with Crippen LogP contribution in [0.1, 0.15) is 232 Å². The van der Waals surface area contributed by atoms with Crippen LogP contribution in [0.15, 0.2) is 48.6 Å². The highest BCUT2D eigenvalue weighted by Crippen LogP contribution is 2.43. The Morgan fingerprint density at radius 3 is 1.33 bits per heavy atom. The lowest BCUT2D eigenvalue weighted by atomic mass is 10.0. The molecule has 1 N–H and O–H groups in total. The second-order valence-electron chi connectivity index (χ2n) is 18.9. The summed E-state index contributed by atoms with van der Waals surface area (Å²) in [6.07, 6.45) is 56.0. The molecule has 0 saturated heterocycles. The summed E-state index contributed by atoms with van der Waals surface area (Å²) in [6, 6.07) is 0. The van der Waals surface area contributed by atoms with Gasteiger partial charge in [-0.2, -0.15) is 0 Å². The Hall–Kier alpha value is -2.03. The maximum absolute atomic E-state index is 12.7. The third-order valence-electron chi connectivity index (χ3n) is 11.4. The van der Waals surface area contributed by atoms with Gasteiger partial charge < -0.3 is 18.9 Å². The molecular formula is C54H101NO8P+. The van der Waals surface area contributed by atoms with E-state index < -0.39 is 26.5 Å². The number of hydrogen-bond acceptors (Lipinski definition) is 7. The first-order valence-electron chi connectivity index (χ1n) is 26.4. The third kappa shape index (κ3) is 49.4. The number of likely N-dealkylation sites (N-methyl/N-ethyl adjacent to an activating group) is 1. The molecule has 2 atom stereocenters. The summed E-state index contributed by atoms with van der Waals surface area (Å²) in [5.41, 5.74) is 0. The second-order valence-corrected chi connectivity index (χ2v) is 20.3. The fourth-order valence-corrected chi connectivity index (χ4v) is 8.04. The number of carbonyl (C=O) groups excluding carboxylic acids is 2. The van der Waals surface area contributed by atoms with E-state index in [1.807, 2.05) is 21.1 Å². The van der Waals surface area contributed by atoms with Crippen LogP contribution >= 0.6 is 7.82 Å². The maximum atomic E-state index is 12.7. The standard InChI is InChI=1S/C54H100NO8P/c1-6-8-10-12-14-16-18-20-22-24-25-26-27-28-29-31-32-34-36-38-40-42-44-46-53(56)60-50-52(51-62-64(58,59)61-49-48-55(3,4)5)63-54(57)47-45-43-41-39-37-35-33-30-23-21-19-17-15-13-11-9-7-2/h9,11,15,17,21,23,33,35,52H,6-8,10,12-14,16,18-20,22,24-32,34,36-51H2,1-5H3/p+1/b11-9-,17-15-,23-21-,35-33-. The Kier molecular flexibility index (Phi) is 44.6. The van der Waals surface area contributed by atoms with Gasteiger partial charge in [0.05, 0.1) is 27.7 Å². The molecule has 0 aliphatic carbocycles. The number of rotatable bonds is 48. The molecule has 0 saturated carbocycles. The molecule has 10 heteroatoms. The van der Waals surface area contributed by atoms with Gasteiger partial charge in [-0.1, -0.05) is 217 Å². The Labute approximate surface area is 394 Å². The van der Waals surface area contributed by atoms with Crippen molar-refractivity contribution in [3.8, 4) is 0 Å². The average Bonchev–Trinajstić information content (AvgIpc) is 3.25. The summed E-state index contributed by atoms with van der Waals surface area (Å²) in [6.45, 7) is 4.31. The van der Waals surface area contributed by atoms with Crippen molar-refractivity contribution in [1.82, 2.24) is 0 Å². The zero-order valence-corrected chi connectivity index (χ0v) is 43.2. The third-order valence-corrected chi connectivity index (χ3v) is 12.4. The van der Waals surface area contributed by atoms with Crippen molar-refractivity contribution in [2.24, 2.45) is 0 Å². The van der Waals surface area contributed by atoms with Gasteiger partial charge in [0.1, 0.15) is 19.8 Å². The van der Waals surface area contributed by atoms with Gasteiger partial charge in [-0.15, -0.1) is 0 Å². The topological polar surface area (TPSA) is 108 Å². The highest BCUT2D eigenvalue weighted by Gasteiger charge is 2.27. The summed E-state index contributed by atoms with van der Waals surface area (Å²) in [5.74, 6) is -0.818. The Morgan fingerprint density at radius 1 is 0.500 bits per heavy atom. The number of ether oxygens (including phenoxy) is 2. The van der Waals surface area contributed by atoms with Gasteiger partial charge in [-0.05, 0) is 51.4 Å². The minimum Gasteiger partial charge on any atom is -0.462 e. The Morgan fingerprint density at radius 2 is 0.891 bits per heavy atom. The van der Waals surface area contributed by atoms with Gasteiger partial charge in [0.25, 0.3) is 0 Å². The lowest BCUT2D eigenvalue weighted by Gasteiger charge is -2.24. The van der Waals surface area contributed by atoms with Crippen LogP contribution in [-0.2, 0) is 32.7 Å². The van der Waals surface area contributed by atoms with E-state index in [-0.39, 0.29) is 32.0 Å². The molecular weight excluding hydrogens is 822 g/mol. The smallest absolute Gasteiger partial charge is 0.462 e. The molecule has 0 rings (SSSR count). The van der Waals surface area contributed by atoms with Gasteiger partial charge in [0, 0.05) is 12.8 Å². The van der Waals surface area contributed by atoms with Crippen molar-refractivity contribution >= 4 is 19.8 Å². The molecule has 374 valence electrons.